The van der Waals surface area contributed by atoms with Crippen LogP contribution in [0.2, 0.25) is 0 Å². The molecule has 2 saturated carbocycles. The Labute approximate surface area is 181 Å². The van der Waals surface area contributed by atoms with Gasteiger partial charge < -0.3 is 5.32 Å². The van der Waals surface area contributed by atoms with Crippen molar-refractivity contribution in [2.24, 2.45) is 23.7 Å². The van der Waals surface area contributed by atoms with Gasteiger partial charge in [-0.25, -0.2) is 9.11 Å². The van der Waals surface area contributed by atoms with Crippen LogP contribution >= 0.6 is 27.9 Å². The van der Waals surface area contributed by atoms with Crippen molar-refractivity contribution in [3.8, 4) is 0 Å². The highest BCUT2D eigenvalue weighted by atomic mass is 79.9. The quantitative estimate of drug-likeness (QED) is 0.506. The summed E-state index contributed by atoms with van der Waals surface area (Å²) < 4.78 is 18.0. The van der Waals surface area contributed by atoms with Gasteiger partial charge >= 0.3 is 0 Å². The van der Waals surface area contributed by atoms with Gasteiger partial charge in [-0.2, -0.15) is 0 Å². The number of benzene rings is 1. The van der Waals surface area contributed by atoms with Crippen LogP contribution in [0.25, 0.3) is 0 Å². The van der Waals surface area contributed by atoms with E-state index >= 15 is 0 Å². The number of rotatable bonds is 6. The van der Waals surface area contributed by atoms with Crippen molar-refractivity contribution < 1.29 is 9.18 Å². The molecule has 1 aromatic carbocycles. The maximum Gasteiger partial charge on any atom is 0.240 e. The van der Waals surface area contributed by atoms with Crippen molar-refractivity contribution >= 4 is 33.8 Å². The van der Waals surface area contributed by atoms with Gasteiger partial charge in [0.05, 0.1) is 4.90 Å². The summed E-state index contributed by atoms with van der Waals surface area (Å²) >= 11 is 4.44. The average molecular weight is 471 g/mol. The van der Waals surface area contributed by atoms with Crippen molar-refractivity contribution in [3.05, 3.63) is 28.5 Å². The molecule has 2 aliphatic rings. The Morgan fingerprint density at radius 3 is 2.71 bits per heavy atom. The predicted molar refractivity (Wildman–Crippen MR) is 117 cm³/mol. The summed E-state index contributed by atoms with van der Waals surface area (Å²) in [6, 6.07) is 5.20. The molecule has 0 aliphatic heterocycles. The molecule has 2 N–H and O–H groups in total. The molecule has 5 atom stereocenters. The Bertz CT molecular complexity index is 712. The number of fused-ring (bicyclic) bond motifs is 2. The molecule has 6 heteroatoms. The molecule has 1 amide bonds. The van der Waals surface area contributed by atoms with Crippen molar-refractivity contribution in [1.82, 2.24) is 10.0 Å². The highest BCUT2D eigenvalue weighted by Crippen LogP contribution is 2.46. The van der Waals surface area contributed by atoms with Gasteiger partial charge in [-0.05, 0) is 93.3 Å². The van der Waals surface area contributed by atoms with Gasteiger partial charge in [-0.15, -0.1) is 0 Å². The summed E-state index contributed by atoms with van der Waals surface area (Å²) in [4.78, 5) is 13.6. The first-order valence-electron chi connectivity index (χ1n) is 10.4. The lowest BCUT2D eigenvalue weighted by atomic mass is 9.62. The summed E-state index contributed by atoms with van der Waals surface area (Å²) in [5.74, 6) is 2.43. The first-order valence-corrected chi connectivity index (χ1v) is 12.0. The molecule has 1 aromatic rings. The fourth-order valence-electron chi connectivity index (χ4n) is 5.02. The molecule has 0 spiro atoms. The normalized spacial score (nSPS) is 30.1. The summed E-state index contributed by atoms with van der Waals surface area (Å²) in [5.41, 5.74) is -0.792. The van der Waals surface area contributed by atoms with Crippen molar-refractivity contribution in [3.63, 3.8) is 0 Å². The van der Waals surface area contributed by atoms with Gasteiger partial charge in [0.15, 0.2) is 0 Å². The molecule has 3 nitrogen and oxygen atoms in total. The van der Waals surface area contributed by atoms with E-state index in [1.165, 1.54) is 43.7 Å². The topological polar surface area (TPSA) is 41.1 Å². The van der Waals surface area contributed by atoms with Gasteiger partial charge in [0.1, 0.15) is 11.4 Å². The smallest absolute Gasteiger partial charge is 0.240 e. The second kappa shape index (κ2) is 9.05. The van der Waals surface area contributed by atoms with E-state index in [0.29, 0.717) is 21.2 Å². The number of amides is 1. The third kappa shape index (κ3) is 5.11. The fourth-order valence-corrected chi connectivity index (χ4v) is 6.11. The Hall–Kier alpha value is -0.590. The molecule has 0 heterocycles. The van der Waals surface area contributed by atoms with E-state index < -0.39 is 5.54 Å². The van der Waals surface area contributed by atoms with Crippen molar-refractivity contribution in [1.29, 1.82) is 0 Å². The molecule has 0 aromatic heterocycles. The van der Waals surface area contributed by atoms with Crippen LogP contribution in [0.15, 0.2) is 27.6 Å². The molecule has 156 valence electrons. The maximum absolute atomic E-state index is 14.1. The Kier molecular flexibility index (Phi) is 7.14. The van der Waals surface area contributed by atoms with E-state index in [2.05, 4.69) is 39.8 Å². The number of nitrogens with one attached hydrogen (secondary N) is 2. The zero-order chi connectivity index (χ0) is 20.5. The lowest BCUT2D eigenvalue weighted by Crippen LogP contribution is -2.58. The first-order chi connectivity index (χ1) is 13.2. The largest absolute Gasteiger partial charge is 0.351 e. The maximum atomic E-state index is 14.1. The molecule has 28 heavy (non-hydrogen) atoms. The highest BCUT2D eigenvalue weighted by Gasteiger charge is 2.43. The van der Waals surface area contributed by atoms with E-state index in [0.717, 1.165) is 18.3 Å². The summed E-state index contributed by atoms with van der Waals surface area (Å²) in [6.45, 7) is 8.31. The molecular formula is C22H32BrFN2OS. The van der Waals surface area contributed by atoms with Crippen LogP contribution in [0.1, 0.15) is 59.8 Å². The number of hydrogen-bond acceptors (Lipinski definition) is 3. The van der Waals surface area contributed by atoms with Crippen LogP contribution in [0.4, 0.5) is 4.39 Å². The van der Waals surface area contributed by atoms with Gasteiger partial charge in [0.2, 0.25) is 5.91 Å². The van der Waals surface area contributed by atoms with Crippen LogP contribution in [0.3, 0.4) is 0 Å². The van der Waals surface area contributed by atoms with Gasteiger partial charge in [0.25, 0.3) is 0 Å². The summed E-state index contributed by atoms with van der Waals surface area (Å²) in [7, 11) is 0. The standard InChI is InChI=1S/C22H32BrFN2OS/c1-5-15-10-14-8-13(2)9-16(11-14)20(15)25-21(27)22(3,4)26-28-19-7-6-17(23)12-18(19)24/h6-7,12-16,20,26H,5,8-11H2,1-4H3,(H,25,27). The molecule has 0 saturated heterocycles. The summed E-state index contributed by atoms with van der Waals surface area (Å²) in [5, 5.41) is 3.38. The van der Waals surface area contributed by atoms with Crippen LogP contribution < -0.4 is 10.0 Å². The lowest BCUT2D eigenvalue weighted by molar-refractivity contribution is -0.128. The van der Waals surface area contributed by atoms with E-state index in [9.17, 15) is 9.18 Å². The third-order valence-corrected chi connectivity index (χ3v) is 8.09. The van der Waals surface area contributed by atoms with Crippen LogP contribution in [-0.2, 0) is 4.79 Å². The van der Waals surface area contributed by atoms with Gasteiger partial charge in [-0.3, -0.25) is 4.79 Å². The minimum absolute atomic E-state index is 0.00218. The number of carbonyl (C=O) groups is 1. The first kappa shape index (κ1) is 22.1. The SMILES string of the molecule is CCC1CC2CC(C)CC(C2)C1NC(=O)C(C)(C)NSc1ccc(Br)cc1F. The summed E-state index contributed by atoms with van der Waals surface area (Å²) in [6.07, 6.45) is 6.15. The Balaban J connectivity index is 1.64. The minimum Gasteiger partial charge on any atom is -0.351 e. The van der Waals surface area contributed by atoms with E-state index in [1.807, 2.05) is 13.8 Å². The van der Waals surface area contributed by atoms with Crippen molar-refractivity contribution in [2.45, 2.75) is 76.3 Å². The predicted octanol–water partition coefficient (Wildman–Crippen LogP) is 5.93. The molecule has 2 bridgehead atoms. The Morgan fingerprint density at radius 1 is 1.29 bits per heavy atom. The van der Waals surface area contributed by atoms with Gasteiger partial charge in [0, 0.05) is 10.5 Å². The second-order valence-electron chi connectivity index (χ2n) is 9.25. The molecule has 5 unspecified atom stereocenters. The monoisotopic (exact) mass is 470 g/mol. The van der Waals surface area contributed by atoms with Crippen LogP contribution in [-0.4, -0.2) is 17.5 Å². The van der Waals surface area contributed by atoms with Crippen LogP contribution in [0.5, 0.6) is 0 Å². The molecule has 2 aliphatic carbocycles. The minimum atomic E-state index is -0.792. The van der Waals surface area contributed by atoms with Crippen LogP contribution in [0, 0.1) is 29.5 Å². The lowest BCUT2D eigenvalue weighted by Gasteiger charge is -2.48. The van der Waals surface area contributed by atoms with E-state index in [1.54, 1.807) is 12.1 Å². The van der Waals surface area contributed by atoms with E-state index in [-0.39, 0.29) is 17.8 Å². The number of halogens is 2. The molecular weight excluding hydrogens is 439 g/mol. The second-order valence-corrected chi connectivity index (χ2v) is 11.0. The van der Waals surface area contributed by atoms with Gasteiger partial charge in [-0.1, -0.05) is 36.2 Å². The molecule has 2 fully saturated rings. The fraction of sp³-hybridized carbons (Fsp3) is 0.682. The Morgan fingerprint density at radius 2 is 2.04 bits per heavy atom. The highest BCUT2D eigenvalue weighted by molar-refractivity contribution is 9.10. The zero-order valence-electron chi connectivity index (χ0n) is 17.2. The van der Waals surface area contributed by atoms with Crippen molar-refractivity contribution in [2.75, 3.05) is 0 Å². The number of carbonyl (C=O) groups excluding carboxylic acids is 1. The molecule has 0 radical (unpaired) electrons. The zero-order valence-corrected chi connectivity index (χ0v) is 19.6. The number of hydrogen-bond donors (Lipinski definition) is 2. The third-order valence-electron chi connectivity index (χ3n) is 6.43. The average Bonchev–Trinajstić information content (AvgIpc) is 2.62. The molecule has 3 rings (SSSR count). The van der Waals surface area contributed by atoms with E-state index in [4.69, 9.17) is 0 Å².